The SMILES string of the molecule is C=C(C)/C=c1/ccccc1=C.CC.CC. The molecule has 0 N–H and O–H groups in total. The topological polar surface area (TPSA) is 0 Å². The van der Waals surface area contributed by atoms with E-state index in [2.05, 4.69) is 13.2 Å². The second-order valence-corrected chi connectivity index (χ2v) is 2.69. The highest BCUT2D eigenvalue weighted by Crippen LogP contribution is 1.84. The van der Waals surface area contributed by atoms with Gasteiger partial charge in [0.2, 0.25) is 0 Å². The van der Waals surface area contributed by atoms with Crippen LogP contribution in [0.3, 0.4) is 0 Å². The zero-order valence-corrected chi connectivity index (χ0v) is 10.8. The second-order valence-electron chi connectivity index (χ2n) is 2.69. The van der Waals surface area contributed by atoms with Gasteiger partial charge in [0.15, 0.2) is 0 Å². The van der Waals surface area contributed by atoms with Crippen LogP contribution in [0.1, 0.15) is 34.6 Å². The van der Waals surface area contributed by atoms with E-state index in [1.54, 1.807) is 0 Å². The smallest absolute Gasteiger partial charge is 0.0188 e. The molecule has 1 rings (SSSR count). The predicted octanol–water partition coefficient (Wildman–Crippen LogP) is 3.51. The summed E-state index contributed by atoms with van der Waals surface area (Å²) in [6, 6.07) is 8.02. The zero-order valence-electron chi connectivity index (χ0n) is 10.8. The second kappa shape index (κ2) is 10.8. The summed E-state index contributed by atoms with van der Waals surface area (Å²) >= 11 is 0. The van der Waals surface area contributed by atoms with Gasteiger partial charge in [0.25, 0.3) is 0 Å². The molecule has 0 radical (unpaired) electrons. The van der Waals surface area contributed by atoms with Gasteiger partial charge < -0.3 is 0 Å². The molecule has 0 fully saturated rings. The van der Waals surface area contributed by atoms with Crippen LogP contribution in [0.4, 0.5) is 0 Å². The van der Waals surface area contributed by atoms with Crippen molar-refractivity contribution < 1.29 is 0 Å². The molecule has 0 heterocycles. The Morgan fingerprint density at radius 3 is 1.93 bits per heavy atom. The molecule has 0 bridgehead atoms. The van der Waals surface area contributed by atoms with Crippen molar-refractivity contribution in [3.63, 3.8) is 0 Å². The van der Waals surface area contributed by atoms with E-state index >= 15 is 0 Å². The molecule has 0 aliphatic carbocycles. The third-order valence-corrected chi connectivity index (χ3v) is 1.46. The first-order chi connectivity index (χ1) is 7.20. The van der Waals surface area contributed by atoms with E-state index in [9.17, 15) is 0 Å². The zero-order chi connectivity index (χ0) is 12.3. The molecule has 0 atom stereocenters. The molecule has 0 unspecified atom stereocenters. The van der Waals surface area contributed by atoms with E-state index in [0.29, 0.717) is 0 Å². The van der Waals surface area contributed by atoms with Gasteiger partial charge in [-0.1, -0.05) is 76.8 Å². The molecular weight excluding hydrogens is 180 g/mol. The lowest BCUT2D eigenvalue weighted by Gasteiger charge is -1.88. The first kappa shape index (κ1) is 16.1. The minimum absolute atomic E-state index is 1.05. The van der Waals surface area contributed by atoms with Gasteiger partial charge in [0, 0.05) is 0 Å². The Bertz CT molecular complexity index is 358. The summed E-state index contributed by atoms with van der Waals surface area (Å²) in [4.78, 5) is 0. The molecule has 0 aliphatic heterocycles. The number of allylic oxidation sites excluding steroid dienone is 1. The number of rotatable bonds is 1. The van der Waals surface area contributed by atoms with Crippen LogP contribution in [-0.2, 0) is 0 Å². The fourth-order valence-corrected chi connectivity index (χ4v) is 0.940. The van der Waals surface area contributed by atoms with Crippen LogP contribution in [-0.4, -0.2) is 0 Å². The van der Waals surface area contributed by atoms with Crippen LogP contribution in [0.15, 0.2) is 36.4 Å². The van der Waals surface area contributed by atoms with Crippen LogP contribution in [0.2, 0.25) is 0 Å². The molecule has 0 saturated heterocycles. The van der Waals surface area contributed by atoms with Gasteiger partial charge in [-0.2, -0.15) is 0 Å². The summed E-state index contributed by atoms with van der Waals surface area (Å²) in [5.41, 5.74) is 1.06. The summed E-state index contributed by atoms with van der Waals surface area (Å²) in [5, 5.41) is 2.20. The Morgan fingerprint density at radius 1 is 1.07 bits per heavy atom. The average molecular weight is 204 g/mol. The first-order valence-corrected chi connectivity index (χ1v) is 5.61. The lowest BCUT2D eigenvalue weighted by atomic mass is 10.2. The van der Waals surface area contributed by atoms with Gasteiger partial charge in [-0.05, 0) is 17.4 Å². The largest absolute Gasteiger partial charge is 0.0961 e. The summed E-state index contributed by atoms with van der Waals surface area (Å²) in [7, 11) is 0. The van der Waals surface area contributed by atoms with E-state index in [1.165, 1.54) is 0 Å². The first-order valence-electron chi connectivity index (χ1n) is 5.61. The normalized spacial score (nSPS) is 9.27. The molecule has 0 spiro atoms. The van der Waals surface area contributed by atoms with E-state index < -0.39 is 0 Å². The molecule has 84 valence electrons. The molecule has 0 heteroatoms. The Labute approximate surface area is 94.7 Å². The van der Waals surface area contributed by atoms with E-state index in [0.717, 1.165) is 16.0 Å². The van der Waals surface area contributed by atoms with Gasteiger partial charge in [-0.15, -0.1) is 0 Å². The van der Waals surface area contributed by atoms with Gasteiger partial charge in [-0.25, -0.2) is 0 Å². The van der Waals surface area contributed by atoms with E-state index in [4.69, 9.17) is 0 Å². The van der Waals surface area contributed by atoms with Crippen LogP contribution >= 0.6 is 0 Å². The van der Waals surface area contributed by atoms with Gasteiger partial charge >= 0.3 is 0 Å². The summed E-state index contributed by atoms with van der Waals surface area (Å²) in [5.74, 6) is 0. The minimum atomic E-state index is 1.05. The number of hydrogen-bond acceptors (Lipinski definition) is 0. The molecule has 1 aromatic rings. The lowest BCUT2D eigenvalue weighted by Crippen LogP contribution is -2.21. The quantitative estimate of drug-likeness (QED) is 0.657. The van der Waals surface area contributed by atoms with Crippen LogP contribution in [0, 0.1) is 0 Å². The Hall–Kier alpha value is -1.30. The van der Waals surface area contributed by atoms with Gasteiger partial charge in [-0.3, -0.25) is 0 Å². The maximum absolute atomic E-state index is 3.90. The van der Waals surface area contributed by atoms with Gasteiger partial charge in [0.1, 0.15) is 0 Å². The van der Waals surface area contributed by atoms with E-state index in [-0.39, 0.29) is 0 Å². The average Bonchev–Trinajstić information content (AvgIpc) is 2.27. The van der Waals surface area contributed by atoms with Crippen molar-refractivity contribution in [1.29, 1.82) is 0 Å². The molecule has 0 aromatic heterocycles. The fraction of sp³-hybridized carbons (Fsp3) is 0.333. The lowest BCUT2D eigenvalue weighted by molar-refractivity contribution is 1.50. The maximum atomic E-state index is 3.90. The monoisotopic (exact) mass is 204 g/mol. The standard InChI is InChI=1S/C11H12.2C2H6/c1-9(2)8-11-7-5-4-6-10(11)3;2*1-2/h4-8H,1,3H2,2H3;2*1-2H3/b11-8-;;. The third-order valence-electron chi connectivity index (χ3n) is 1.46. The summed E-state index contributed by atoms with van der Waals surface area (Å²) in [6.07, 6.45) is 2.03. The van der Waals surface area contributed by atoms with E-state index in [1.807, 2.05) is 65.0 Å². The van der Waals surface area contributed by atoms with Crippen molar-refractivity contribution in [2.75, 3.05) is 0 Å². The Kier molecular flexibility index (Phi) is 11.6. The van der Waals surface area contributed by atoms with Crippen molar-refractivity contribution in [1.82, 2.24) is 0 Å². The van der Waals surface area contributed by atoms with Crippen molar-refractivity contribution in [3.05, 3.63) is 46.9 Å². The molecule has 1 aromatic carbocycles. The van der Waals surface area contributed by atoms with Crippen molar-refractivity contribution in [2.24, 2.45) is 0 Å². The molecule has 0 saturated carbocycles. The summed E-state index contributed by atoms with van der Waals surface area (Å²) < 4.78 is 0. The Balaban J connectivity index is 0. The number of hydrogen-bond donors (Lipinski definition) is 0. The highest BCUT2D eigenvalue weighted by molar-refractivity contribution is 5.43. The van der Waals surface area contributed by atoms with Crippen LogP contribution < -0.4 is 10.4 Å². The fourth-order valence-electron chi connectivity index (χ4n) is 0.940. The predicted molar refractivity (Wildman–Crippen MR) is 73.2 cm³/mol. The van der Waals surface area contributed by atoms with Crippen molar-refractivity contribution >= 4 is 12.7 Å². The molecule has 0 aliphatic rings. The highest BCUT2D eigenvalue weighted by atomic mass is 13.8. The maximum Gasteiger partial charge on any atom is -0.0188 e. The Morgan fingerprint density at radius 2 is 1.53 bits per heavy atom. The highest BCUT2D eigenvalue weighted by Gasteiger charge is 1.79. The van der Waals surface area contributed by atoms with Crippen molar-refractivity contribution in [3.8, 4) is 0 Å². The molecular formula is C15H24. The van der Waals surface area contributed by atoms with Crippen LogP contribution in [0.5, 0.6) is 0 Å². The molecule has 0 amide bonds. The minimum Gasteiger partial charge on any atom is -0.0961 e. The molecule has 0 nitrogen and oxygen atoms in total. The molecule has 15 heavy (non-hydrogen) atoms. The van der Waals surface area contributed by atoms with Gasteiger partial charge in [0.05, 0.1) is 0 Å². The number of benzene rings is 1. The van der Waals surface area contributed by atoms with Crippen LogP contribution in [0.25, 0.3) is 12.7 Å². The summed E-state index contributed by atoms with van der Waals surface area (Å²) in [6.45, 7) is 17.7. The van der Waals surface area contributed by atoms with Crippen molar-refractivity contribution in [2.45, 2.75) is 34.6 Å². The third kappa shape index (κ3) is 7.75.